The van der Waals surface area contributed by atoms with E-state index in [2.05, 4.69) is 44.4 Å². The van der Waals surface area contributed by atoms with E-state index in [0.717, 1.165) is 37.9 Å². The summed E-state index contributed by atoms with van der Waals surface area (Å²) >= 11 is 0. The summed E-state index contributed by atoms with van der Waals surface area (Å²) in [5, 5.41) is 3.66. The van der Waals surface area contributed by atoms with E-state index in [1.165, 1.54) is 24.0 Å². The third kappa shape index (κ3) is 2.36. The van der Waals surface area contributed by atoms with Crippen LogP contribution in [0.3, 0.4) is 0 Å². The Morgan fingerprint density at radius 3 is 2.30 bits per heavy atom. The highest BCUT2D eigenvalue weighted by Crippen LogP contribution is 2.28. The first-order valence-corrected chi connectivity index (χ1v) is 8.51. The van der Waals surface area contributed by atoms with Gasteiger partial charge in [-0.15, -0.1) is 0 Å². The molecule has 2 unspecified atom stereocenters. The van der Waals surface area contributed by atoms with Crippen molar-refractivity contribution in [2.75, 3.05) is 22.9 Å². The summed E-state index contributed by atoms with van der Waals surface area (Å²) in [5.41, 5.74) is 2.82. The smallest absolute Gasteiger partial charge is 0.227 e. The van der Waals surface area contributed by atoms with Gasteiger partial charge in [-0.05, 0) is 30.0 Å². The Labute approximate surface area is 136 Å². The van der Waals surface area contributed by atoms with Crippen molar-refractivity contribution in [1.82, 2.24) is 15.3 Å². The number of hydrogen-bond donors (Lipinski definition) is 1. The van der Waals surface area contributed by atoms with Gasteiger partial charge in [0.05, 0.1) is 0 Å². The molecule has 3 aliphatic rings. The molecule has 1 aromatic carbocycles. The van der Waals surface area contributed by atoms with Gasteiger partial charge in [-0.3, -0.25) is 0 Å². The third-order valence-electron chi connectivity index (χ3n) is 5.29. The monoisotopic (exact) mass is 307 g/mol. The lowest BCUT2D eigenvalue weighted by Gasteiger charge is -2.33. The van der Waals surface area contributed by atoms with Crippen LogP contribution in [-0.2, 0) is 13.1 Å². The molecular formula is C18H21N5. The molecule has 23 heavy (non-hydrogen) atoms. The van der Waals surface area contributed by atoms with Crippen LogP contribution in [0.4, 0.5) is 11.8 Å². The lowest BCUT2D eigenvalue weighted by molar-refractivity contribution is 0.460. The summed E-state index contributed by atoms with van der Waals surface area (Å²) in [6, 6.07) is 11.9. The Balaban J connectivity index is 1.39. The van der Waals surface area contributed by atoms with E-state index < -0.39 is 0 Å². The minimum absolute atomic E-state index is 0.608. The average Bonchev–Trinajstić information content (AvgIpc) is 3.18. The summed E-state index contributed by atoms with van der Waals surface area (Å²) in [4.78, 5) is 14.1. The standard InChI is InChI=1S/C18H21N5/c1-2-4-14-10-22(9-13(14)3-1)17-7-8-19-18(21-17)23-11-15-5-6-16(12-23)20-15/h1-4,7-8,15-16,20H,5-6,9-12H2. The maximum absolute atomic E-state index is 4.87. The van der Waals surface area contributed by atoms with Crippen molar-refractivity contribution in [3.63, 3.8) is 0 Å². The fourth-order valence-corrected chi connectivity index (χ4v) is 4.12. The van der Waals surface area contributed by atoms with E-state index in [0.29, 0.717) is 12.1 Å². The number of nitrogens with zero attached hydrogens (tertiary/aromatic N) is 4. The largest absolute Gasteiger partial charge is 0.348 e. The van der Waals surface area contributed by atoms with Crippen LogP contribution in [-0.4, -0.2) is 35.1 Å². The van der Waals surface area contributed by atoms with Crippen LogP contribution < -0.4 is 15.1 Å². The van der Waals surface area contributed by atoms with Crippen LogP contribution >= 0.6 is 0 Å². The van der Waals surface area contributed by atoms with Gasteiger partial charge in [-0.1, -0.05) is 24.3 Å². The zero-order valence-electron chi connectivity index (χ0n) is 13.2. The van der Waals surface area contributed by atoms with Crippen LogP contribution in [0.2, 0.25) is 0 Å². The van der Waals surface area contributed by atoms with Gasteiger partial charge in [0.1, 0.15) is 5.82 Å². The van der Waals surface area contributed by atoms with E-state index in [9.17, 15) is 0 Å². The predicted molar refractivity (Wildman–Crippen MR) is 90.5 cm³/mol. The lowest BCUT2D eigenvalue weighted by atomic mass is 10.1. The molecule has 2 saturated heterocycles. The summed E-state index contributed by atoms with van der Waals surface area (Å²) in [7, 11) is 0. The molecule has 2 fully saturated rings. The molecule has 4 heterocycles. The number of benzene rings is 1. The van der Waals surface area contributed by atoms with Gasteiger partial charge >= 0.3 is 0 Å². The second kappa shape index (κ2) is 5.20. The lowest BCUT2D eigenvalue weighted by Crippen LogP contribution is -2.51. The van der Waals surface area contributed by atoms with Gasteiger partial charge in [0, 0.05) is 44.5 Å². The molecule has 2 bridgehead atoms. The second-order valence-electron chi connectivity index (χ2n) is 6.88. The second-order valence-corrected chi connectivity index (χ2v) is 6.88. The van der Waals surface area contributed by atoms with Crippen molar-refractivity contribution in [3.8, 4) is 0 Å². The molecule has 0 aliphatic carbocycles. The minimum atomic E-state index is 0.608. The Morgan fingerprint density at radius 2 is 1.61 bits per heavy atom. The molecule has 2 aromatic rings. The fraction of sp³-hybridized carbons (Fsp3) is 0.444. The van der Waals surface area contributed by atoms with Crippen molar-refractivity contribution in [1.29, 1.82) is 0 Å². The van der Waals surface area contributed by atoms with Gasteiger partial charge in [0.2, 0.25) is 5.95 Å². The molecule has 2 atom stereocenters. The topological polar surface area (TPSA) is 44.3 Å². The molecule has 118 valence electrons. The number of nitrogens with one attached hydrogen (secondary N) is 1. The molecule has 0 saturated carbocycles. The van der Waals surface area contributed by atoms with Gasteiger partial charge in [-0.2, -0.15) is 4.98 Å². The van der Waals surface area contributed by atoms with Gasteiger partial charge < -0.3 is 15.1 Å². The highest BCUT2D eigenvalue weighted by molar-refractivity contribution is 5.49. The van der Waals surface area contributed by atoms with Gasteiger partial charge in [0.25, 0.3) is 0 Å². The van der Waals surface area contributed by atoms with E-state index in [4.69, 9.17) is 4.98 Å². The Hall–Kier alpha value is -2.14. The van der Waals surface area contributed by atoms with E-state index in [1.54, 1.807) is 0 Å². The predicted octanol–water partition coefficient (Wildman–Crippen LogP) is 1.94. The summed E-state index contributed by atoms with van der Waals surface area (Å²) in [6.45, 7) is 3.94. The van der Waals surface area contributed by atoms with E-state index in [-0.39, 0.29) is 0 Å². The highest BCUT2D eigenvalue weighted by Gasteiger charge is 2.33. The Bertz CT molecular complexity index is 694. The van der Waals surface area contributed by atoms with Crippen molar-refractivity contribution >= 4 is 11.8 Å². The summed E-state index contributed by atoms with van der Waals surface area (Å²) in [6.07, 6.45) is 4.47. The van der Waals surface area contributed by atoms with E-state index >= 15 is 0 Å². The molecule has 0 radical (unpaired) electrons. The van der Waals surface area contributed by atoms with Crippen molar-refractivity contribution in [2.45, 2.75) is 38.0 Å². The SMILES string of the molecule is c1ccc2c(c1)CN(c1ccnc(N3CC4CCC(C3)N4)n1)C2. The Morgan fingerprint density at radius 1 is 0.913 bits per heavy atom. The van der Waals surface area contributed by atoms with Crippen LogP contribution in [0.5, 0.6) is 0 Å². The maximum atomic E-state index is 4.87. The molecule has 0 spiro atoms. The minimum Gasteiger partial charge on any atom is -0.348 e. The van der Waals surface area contributed by atoms with Gasteiger partial charge in [0.15, 0.2) is 0 Å². The maximum Gasteiger partial charge on any atom is 0.227 e. The zero-order valence-corrected chi connectivity index (χ0v) is 13.2. The zero-order chi connectivity index (χ0) is 15.2. The molecule has 5 rings (SSSR count). The number of hydrogen-bond acceptors (Lipinski definition) is 5. The average molecular weight is 307 g/mol. The van der Waals surface area contributed by atoms with Crippen LogP contribution in [0.25, 0.3) is 0 Å². The first-order valence-electron chi connectivity index (χ1n) is 8.51. The number of rotatable bonds is 2. The molecule has 1 N–H and O–H groups in total. The molecule has 3 aliphatic heterocycles. The highest BCUT2D eigenvalue weighted by atomic mass is 15.3. The molecule has 0 amide bonds. The number of aromatic nitrogens is 2. The fourth-order valence-electron chi connectivity index (χ4n) is 4.12. The summed E-state index contributed by atoms with van der Waals surface area (Å²) < 4.78 is 0. The molecule has 5 heteroatoms. The molecular weight excluding hydrogens is 286 g/mol. The van der Waals surface area contributed by atoms with E-state index in [1.807, 2.05) is 12.3 Å². The molecule has 5 nitrogen and oxygen atoms in total. The normalized spacial score (nSPS) is 25.7. The number of piperazine rings is 1. The summed E-state index contributed by atoms with van der Waals surface area (Å²) in [5.74, 6) is 1.92. The van der Waals surface area contributed by atoms with Crippen molar-refractivity contribution in [2.24, 2.45) is 0 Å². The van der Waals surface area contributed by atoms with Crippen molar-refractivity contribution in [3.05, 3.63) is 47.7 Å². The first-order chi connectivity index (χ1) is 11.3. The number of fused-ring (bicyclic) bond motifs is 3. The number of anilines is 2. The first kappa shape index (κ1) is 13.3. The van der Waals surface area contributed by atoms with Gasteiger partial charge in [-0.25, -0.2) is 4.98 Å². The quantitative estimate of drug-likeness (QED) is 0.918. The van der Waals surface area contributed by atoms with Crippen molar-refractivity contribution < 1.29 is 0 Å². The third-order valence-corrected chi connectivity index (χ3v) is 5.29. The molecule has 1 aromatic heterocycles. The van der Waals surface area contributed by atoms with Crippen LogP contribution in [0.15, 0.2) is 36.5 Å². The Kier molecular flexibility index (Phi) is 3.01. The van der Waals surface area contributed by atoms with Crippen LogP contribution in [0.1, 0.15) is 24.0 Å². The van der Waals surface area contributed by atoms with Crippen LogP contribution in [0, 0.1) is 0 Å².